The van der Waals surface area contributed by atoms with E-state index in [9.17, 15) is 5.11 Å². The number of hydrogen-bond acceptors (Lipinski definition) is 5. The molecule has 2 aromatic rings. The molecule has 2 N–H and O–H groups in total. The third-order valence-corrected chi connectivity index (χ3v) is 4.03. The Morgan fingerprint density at radius 2 is 2.15 bits per heavy atom. The standard InChI is InChI=1S/C13H17BrN4O2/c14-11-8-18-10(6-17-12(18)7-16-11)5-15-9-13(19)1-3-20-4-2-13/h6-8,15,19H,1-5,9H2. The van der Waals surface area contributed by atoms with Crippen LogP contribution in [0.15, 0.2) is 23.2 Å². The van der Waals surface area contributed by atoms with Crippen LogP contribution in [-0.2, 0) is 11.3 Å². The number of ether oxygens (including phenoxy) is 1. The second-order valence-corrected chi connectivity index (χ2v) is 5.94. The van der Waals surface area contributed by atoms with Crippen LogP contribution < -0.4 is 5.32 Å². The molecule has 0 atom stereocenters. The molecule has 0 radical (unpaired) electrons. The first-order valence-electron chi connectivity index (χ1n) is 6.65. The number of nitrogens with one attached hydrogen (secondary N) is 1. The number of nitrogens with zero attached hydrogens (tertiary/aromatic N) is 3. The fourth-order valence-corrected chi connectivity index (χ4v) is 2.71. The Morgan fingerprint density at radius 3 is 2.95 bits per heavy atom. The van der Waals surface area contributed by atoms with Crippen LogP contribution >= 0.6 is 15.9 Å². The van der Waals surface area contributed by atoms with E-state index in [2.05, 4.69) is 31.2 Å². The summed E-state index contributed by atoms with van der Waals surface area (Å²) in [5.41, 5.74) is 1.20. The maximum atomic E-state index is 10.4. The first-order valence-corrected chi connectivity index (χ1v) is 7.44. The van der Waals surface area contributed by atoms with Crippen molar-refractivity contribution in [2.45, 2.75) is 25.0 Å². The van der Waals surface area contributed by atoms with E-state index >= 15 is 0 Å². The van der Waals surface area contributed by atoms with Gasteiger partial charge in [-0.25, -0.2) is 9.97 Å². The fourth-order valence-electron chi connectivity index (χ4n) is 2.40. The molecule has 3 rings (SSSR count). The van der Waals surface area contributed by atoms with Crippen LogP contribution in [0.2, 0.25) is 0 Å². The van der Waals surface area contributed by atoms with Crippen LogP contribution in [0.25, 0.3) is 5.65 Å². The Hall–Kier alpha value is -1.02. The van der Waals surface area contributed by atoms with E-state index in [0.29, 0.717) is 39.1 Å². The largest absolute Gasteiger partial charge is 0.388 e. The van der Waals surface area contributed by atoms with Crippen molar-refractivity contribution >= 4 is 21.6 Å². The summed E-state index contributed by atoms with van der Waals surface area (Å²) >= 11 is 3.36. The maximum Gasteiger partial charge on any atom is 0.155 e. The highest BCUT2D eigenvalue weighted by Crippen LogP contribution is 2.19. The summed E-state index contributed by atoms with van der Waals surface area (Å²) in [5, 5.41) is 13.7. The van der Waals surface area contributed by atoms with E-state index in [1.165, 1.54) is 0 Å². The summed E-state index contributed by atoms with van der Waals surface area (Å²) in [7, 11) is 0. The van der Waals surface area contributed by atoms with E-state index in [0.717, 1.165) is 15.9 Å². The van der Waals surface area contributed by atoms with Crippen molar-refractivity contribution in [3.05, 3.63) is 28.9 Å². The third-order valence-electron chi connectivity index (χ3n) is 3.62. The zero-order valence-electron chi connectivity index (χ0n) is 11.0. The Kier molecular flexibility index (Phi) is 4.02. The molecule has 20 heavy (non-hydrogen) atoms. The number of aromatic nitrogens is 3. The highest BCUT2D eigenvalue weighted by atomic mass is 79.9. The average Bonchev–Trinajstić information content (AvgIpc) is 2.82. The molecule has 108 valence electrons. The van der Waals surface area contributed by atoms with Gasteiger partial charge in [0.05, 0.1) is 23.7 Å². The molecular weight excluding hydrogens is 324 g/mol. The number of hydrogen-bond donors (Lipinski definition) is 2. The first kappa shape index (κ1) is 13.9. The fraction of sp³-hybridized carbons (Fsp3) is 0.538. The second kappa shape index (κ2) is 5.77. The number of rotatable bonds is 4. The summed E-state index contributed by atoms with van der Waals surface area (Å²) in [6, 6.07) is 0. The lowest BCUT2D eigenvalue weighted by Gasteiger charge is -2.32. The van der Waals surface area contributed by atoms with E-state index in [4.69, 9.17) is 4.74 Å². The second-order valence-electron chi connectivity index (χ2n) is 5.13. The molecular formula is C13H17BrN4O2. The molecule has 1 aliphatic heterocycles. The highest BCUT2D eigenvalue weighted by molar-refractivity contribution is 9.10. The molecule has 0 unspecified atom stereocenters. The lowest BCUT2D eigenvalue weighted by atomic mass is 9.94. The van der Waals surface area contributed by atoms with Crippen LogP contribution in [0.3, 0.4) is 0 Å². The predicted octanol–water partition coefficient (Wildman–Crippen LogP) is 1.12. The third kappa shape index (κ3) is 3.01. The minimum absolute atomic E-state index is 0.565. The Balaban J connectivity index is 1.63. The quantitative estimate of drug-likeness (QED) is 0.872. The van der Waals surface area contributed by atoms with Crippen LogP contribution in [0.5, 0.6) is 0 Å². The minimum atomic E-state index is -0.652. The lowest BCUT2D eigenvalue weighted by molar-refractivity contribution is -0.0617. The topological polar surface area (TPSA) is 71.7 Å². The van der Waals surface area contributed by atoms with Crippen molar-refractivity contribution in [3.63, 3.8) is 0 Å². The molecule has 0 amide bonds. The van der Waals surface area contributed by atoms with Crippen LogP contribution in [0.1, 0.15) is 18.5 Å². The molecule has 1 aliphatic rings. The molecule has 0 bridgehead atoms. The van der Waals surface area contributed by atoms with Crippen molar-refractivity contribution < 1.29 is 9.84 Å². The number of imidazole rings is 1. The molecule has 7 heteroatoms. The zero-order valence-corrected chi connectivity index (χ0v) is 12.6. The monoisotopic (exact) mass is 340 g/mol. The first-order chi connectivity index (χ1) is 9.66. The van der Waals surface area contributed by atoms with Crippen molar-refractivity contribution in [3.8, 4) is 0 Å². The Bertz CT molecular complexity index is 595. The van der Waals surface area contributed by atoms with Gasteiger partial charge >= 0.3 is 0 Å². The number of halogens is 1. The normalized spacial score (nSPS) is 18.5. The predicted molar refractivity (Wildman–Crippen MR) is 77.4 cm³/mol. The van der Waals surface area contributed by atoms with E-state index in [1.807, 2.05) is 16.8 Å². The van der Waals surface area contributed by atoms with Crippen LogP contribution in [-0.4, -0.2) is 44.8 Å². The molecule has 3 heterocycles. The van der Waals surface area contributed by atoms with Crippen molar-refractivity contribution in [1.82, 2.24) is 19.7 Å². The van der Waals surface area contributed by atoms with E-state index in [1.54, 1.807) is 6.20 Å². The SMILES string of the molecule is OC1(CNCc2cnc3cnc(Br)cn23)CCOCC1. The molecule has 1 fully saturated rings. The molecule has 2 aromatic heterocycles. The van der Waals surface area contributed by atoms with Crippen molar-refractivity contribution in [2.24, 2.45) is 0 Å². The maximum absolute atomic E-state index is 10.4. The summed E-state index contributed by atoms with van der Waals surface area (Å²) in [6.45, 7) is 2.48. The van der Waals surface area contributed by atoms with Gasteiger partial charge in [0, 0.05) is 45.3 Å². The highest BCUT2D eigenvalue weighted by Gasteiger charge is 2.29. The smallest absolute Gasteiger partial charge is 0.155 e. The van der Waals surface area contributed by atoms with Gasteiger partial charge in [-0.2, -0.15) is 0 Å². The van der Waals surface area contributed by atoms with Gasteiger partial charge in [0.25, 0.3) is 0 Å². The van der Waals surface area contributed by atoms with E-state index < -0.39 is 5.60 Å². The molecule has 0 saturated carbocycles. The molecule has 1 saturated heterocycles. The van der Waals surface area contributed by atoms with Gasteiger partial charge in [-0.05, 0) is 15.9 Å². The van der Waals surface area contributed by atoms with Gasteiger partial charge in [0.1, 0.15) is 4.60 Å². The van der Waals surface area contributed by atoms with Crippen molar-refractivity contribution in [2.75, 3.05) is 19.8 Å². The summed E-state index contributed by atoms with van der Waals surface area (Å²) < 4.78 is 8.03. The molecule has 0 aliphatic carbocycles. The minimum Gasteiger partial charge on any atom is -0.388 e. The molecule has 0 spiro atoms. The molecule has 0 aromatic carbocycles. The van der Waals surface area contributed by atoms with Gasteiger partial charge in [0.2, 0.25) is 0 Å². The van der Waals surface area contributed by atoms with Gasteiger partial charge in [-0.15, -0.1) is 0 Å². The lowest BCUT2D eigenvalue weighted by Crippen LogP contribution is -2.44. The summed E-state index contributed by atoms with van der Waals surface area (Å²) in [5.74, 6) is 0. The Labute approximate surface area is 125 Å². The Morgan fingerprint density at radius 1 is 1.35 bits per heavy atom. The van der Waals surface area contributed by atoms with E-state index in [-0.39, 0.29) is 0 Å². The zero-order chi connectivity index (χ0) is 14.0. The van der Waals surface area contributed by atoms with Crippen molar-refractivity contribution in [1.29, 1.82) is 0 Å². The number of aliphatic hydroxyl groups is 1. The van der Waals surface area contributed by atoms with Crippen LogP contribution in [0.4, 0.5) is 0 Å². The van der Waals surface area contributed by atoms with Gasteiger partial charge in [-0.3, -0.25) is 4.40 Å². The summed E-state index contributed by atoms with van der Waals surface area (Å²) in [4.78, 5) is 8.44. The summed E-state index contributed by atoms with van der Waals surface area (Å²) in [6.07, 6.45) is 6.80. The average molecular weight is 341 g/mol. The van der Waals surface area contributed by atoms with Gasteiger partial charge in [0.15, 0.2) is 5.65 Å². The van der Waals surface area contributed by atoms with Gasteiger partial charge in [-0.1, -0.05) is 0 Å². The van der Waals surface area contributed by atoms with Gasteiger partial charge < -0.3 is 15.2 Å². The molecule has 6 nitrogen and oxygen atoms in total. The van der Waals surface area contributed by atoms with Crippen LogP contribution in [0, 0.1) is 0 Å². The number of fused-ring (bicyclic) bond motifs is 1.